The van der Waals surface area contributed by atoms with Gasteiger partial charge in [-0.15, -0.1) is 0 Å². The fraction of sp³-hybridized carbons (Fsp3) is 0.700. The second kappa shape index (κ2) is 6.55. The van der Waals surface area contributed by atoms with Gasteiger partial charge in [0.25, 0.3) is 0 Å². The van der Waals surface area contributed by atoms with Gasteiger partial charge in [-0.25, -0.2) is 4.98 Å². The first-order chi connectivity index (χ1) is 7.27. The summed E-state index contributed by atoms with van der Waals surface area (Å²) >= 11 is 0. The summed E-state index contributed by atoms with van der Waals surface area (Å²) in [6.07, 6.45) is 3.20. The Morgan fingerprint density at radius 2 is 2.33 bits per heavy atom. The van der Waals surface area contributed by atoms with E-state index < -0.39 is 0 Å². The van der Waals surface area contributed by atoms with Gasteiger partial charge in [-0.1, -0.05) is 0 Å². The number of aliphatic hydroxyl groups is 1. The number of rotatable bonds is 7. The summed E-state index contributed by atoms with van der Waals surface area (Å²) in [6.45, 7) is 5.51. The van der Waals surface area contributed by atoms with E-state index in [1.807, 2.05) is 18.4 Å². The third-order valence-electron chi connectivity index (χ3n) is 2.01. The van der Waals surface area contributed by atoms with Gasteiger partial charge in [0.1, 0.15) is 0 Å². The molecule has 0 radical (unpaired) electrons. The van der Waals surface area contributed by atoms with Crippen molar-refractivity contribution in [2.24, 2.45) is 0 Å². The maximum atomic E-state index is 8.81. The molecule has 86 valence electrons. The van der Waals surface area contributed by atoms with Gasteiger partial charge in [0.15, 0.2) is 6.29 Å². The van der Waals surface area contributed by atoms with Crippen LogP contribution < -0.4 is 0 Å². The molecule has 1 aromatic rings. The molecule has 0 aliphatic rings. The molecule has 1 atom stereocenters. The molecule has 15 heavy (non-hydrogen) atoms. The Kier molecular flexibility index (Phi) is 5.31. The summed E-state index contributed by atoms with van der Waals surface area (Å²) < 4.78 is 12.5. The standard InChI is InChI=1S/C10H18N2O3/c1-3-14-9(2)15-7-10-6-11-8-12(10)4-5-13/h6,8-9,13H,3-5,7H2,1-2H3. The minimum absolute atomic E-state index is 0.102. The van der Waals surface area contributed by atoms with E-state index in [1.54, 1.807) is 12.5 Å². The molecule has 1 aromatic heterocycles. The van der Waals surface area contributed by atoms with E-state index >= 15 is 0 Å². The number of aliphatic hydroxyl groups excluding tert-OH is 1. The number of ether oxygens (including phenoxy) is 2. The normalized spacial score (nSPS) is 13.0. The smallest absolute Gasteiger partial charge is 0.155 e. The SMILES string of the molecule is CCOC(C)OCc1cncn1CCO. The largest absolute Gasteiger partial charge is 0.395 e. The Labute approximate surface area is 89.6 Å². The summed E-state index contributed by atoms with van der Waals surface area (Å²) in [5, 5.41) is 8.81. The van der Waals surface area contributed by atoms with Gasteiger partial charge in [0, 0.05) is 13.2 Å². The Morgan fingerprint density at radius 1 is 1.53 bits per heavy atom. The van der Waals surface area contributed by atoms with Crippen LogP contribution in [0, 0.1) is 0 Å². The summed E-state index contributed by atoms with van der Waals surface area (Å²) in [4.78, 5) is 4.00. The van der Waals surface area contributed by atoms with Gasteiger partial charge >= 0.3 is 0 Å². The number of imidazole rings is 1. The van der Waals surface area contributed by atoms with Gasteiger partial charge in [-0.05, 0) is 13.8 Å². The van der Waals surface area contributed by atoms with Crippen molar-refractivity contribution in [1.82, 2.24) is 9.55 Å². The Morgan fingerprint density at radius 3 is 3.00 bits per heavy atom. The fourth-order valence-corrected chi connectivity index (χ4v) is 1.26. The van der Waals surface area contributed by atoms with Gasteiger partial charge in [0.05, 0.1) is 31.4 Å². The second-order valence-corrected chi connectivity index (χ2v) is 3.14. The molecule has 5 nitrogen and oxygen atoms in total. The lowest BCUT2D eigenvalue weighted by molar-refractivity contribution is -0.135. The van der Waals surface area contributed by atoms with Crippen molar-refractivity contribution in [3.8, 4) is 0 Å². The predicted octanol–water partition coefficient (Wildman–Crippen LogP) is 0.774. The third-order valence-corrected chi connectivity index (χ3v) is 2.01. The van der Waals surface area contributed by atoms with Crippen molar-refractivity contribution in [3.05, 3.63) is 18.2 Å². The van der Waals surface area contributed by atoms with E-state index in [-0.39, 0.29) is 12.9 Å². The van der Waals surface area contributed by atoms with E-state index in [1.165, 1.54) is 0 Å². The van der Waals surface area contributed by atoms with E-state index in [0.717, 1.165) is 5.69 Å². The van der Waals surface area contributed by atoms with Crippen LogP contribution in [-0.2, 0) is 22.6 Å². The molecule has 0 fully saturated rings. The number of nitrogens with zero attached hydrogens (tertiary/aromatic N) is 2. The molecule has 1 N–H and O–H groups in total. The maximum Gasteiger partial charge on any atom is 0.155 e. The number of hydrogen-bond acceptors (Lipinski definition) is 4. The summed E-state index contributed by atoms with van der Waals surface area (Å²) in [7, 11) is 0. The van der Waals surface area contributed by atoms with Crippen molar-refractivity contribution >= 4 is 0 Å². The van der Waals surface area contributed by atoms with Crippen molar-refractivity contribution in [3.63, 3.8) is 0 Å². The first kappa shape index (κ1) is 12.2. The molecule has 0 spiro atoms. The Bertz CT molecular complexity index is 275. The van der Waals surface area contributed by atoms with E-state index in [9.17, 15) is 0 Å². The summed E-state index contributed by atoms with van der Waals surface area (Å²) in [5.74, 6) is 0. The molecule has 0 aliphatic heterocycles. The third kappa shape index (κ3) is 3.99. The molecular weight excluding hydrogens is 196 g/mol. The number of aromatic nitrogens is 2. The van der Waals surface area contributed by atoms with Crippen LogP contribution in [0.25, 0.3) is 0 Å². The van der Waals surface area contributed by atoms with Crippen molar-refractivity contribution in [2.75, 3.05) is 13.2 Å². The lowest BCUT2D eigenvalue weighted by atomic mass is 10.5. The molecule has 0 saturated carbocycles. The summed E-state index contributed by atoms with van der Waals surface area (Å²) in [6, 6.07) is 0. The van der Waals surface area contributed by atoms with Crippen LogP contribution in [0.4, 0.5) is 0 Å². The van der Waals surface area contributed by atoms with Gasteiger partial charge < -0.3 is 19.1 Å². The Hall–Kier alpha value is -0.910. The van der Waals surface area contributed by atoms with Crippen LogP contribution in [0.1, 0.15) is 19.5 Å². The zero-order valence-corrected chi connectivity index (χ0v) is 9.22. The highest BCUT2D eigenvalue weighted by Crippen LogP contribution is 2.04. The minimum Gasteiger partial charge on any atom is -0.395 e. The van der Waals surface area contributed by atoms with E-state index in [4.69, 9.17) is 14.6 Å². The predicted molar refractivity (Wildman–Crippen MR) is 55.2 cm³/mol. The maximum absolute atomic E-state index is 8.81. The highest BCUT2D eigenvalue weighted by Gasteiger charge is 2.05. The van der Waals surface area contributed by atoms with Crippen LogP contribution in [0.2, 0.25) is 0 Å². The quantitative estimate of drug-likeness (QED) is 0.681. The molecule has 1 heterocycles. The fourth-order valence-electron chi connectivity index (χ4n) is 1.26. The lowest BCUT2D eigenvalue weighted by Gasteiger charge is -2.13. The first-order valence-corrected chi connectivity index (χ1v) is 5.11. The molecule has 0 bridgehead atoms. The van der Waals surface area contributed by atoms with Gasteiger partial charge in [-0.2, -0.15) is 0 Å². The van der Waals surface area contributed by atoms with Crippen molar-refractivity contribution in [2.45, 2.75) is 33.3 Å². The molecule has 5 heteroatoms. The van der Waals surface area contributed by atoms with Crippen LogP contribution in [0.15, 0.2) is 12.5 Å². The highest BCUT2D eigenvalue weighted by atomic mass is 16.7. The molecule has 0 aromatic carbocycles. The van der Waals surface area contributed by atoms with E-state index in [2.05, 4.69) is 4.98 Å². The first-order valence-electron chi connectivity index (χ1n) is 5.11. The molecule has 1 unspecified atom stereocenters. The lowest BCUT2D eigenvalue weighted by Crippen LogP contribution is -2.14. The van der Waals surface area contributed by atoms with Crippen LogP contribution in [-0.4, -0.2) is 34.2 Å². The molecule has 0 amide bonds. The minimum atomic E-state index is -0.215. The molecule has 0 aliphatic carbocycles. The highest BCUT2D eigenvalue weighted by molar-refractivity contribution is 4.96. The zero-order valence-electron chi connectivity index (χ0n) is 9.22. The zero-order chi connectivity index (χ0) is 11.1. The average Bonchev–Trinajstić information content (AvgIpc) is 2.64. The second-order valence-electron chi connectivity index (χ2n) is 3.14. The summed E-state index contributed by atoms with van der Waals surface area (Å²) in [5.41, 5.74) is 0.940. The average molecular weight is 214 g/mol. The van der Waals surface area contributed by atoms with E-state index in [0.29, 0.717) is 19.8 Å². The van der Waals surface area contributed by atoms with Crippen molar-refractivity contribution in [1.29, 1.82) is 0 Å². The molecule has 0 saturated heterocycles. The monoisotopic (exact) mass is 214 g/mol. The van der Waals surface area contributed by atoms with Gasteiger partial charge in [0.2, 0.25) is 0 Å². The Balaban J connectivity index is 2.39. The molecular formula is C10H18N2O3. The number of hydrogen-bond donors (Lipinski definition) is 1. The van der Waals surface area contributed by atoms with Gasteiger partial charge in [-0.3, -0.25) is 0 Å². The molecule has 1 rings (SSSR count). The van der Waals surface area contributed by atoms with Crippen LogP contribution >= 0.6 is 0 Å². The van der Waals surface area contributed by atoms with Crippen LogP contribution in [0.3, 0.4) is 0 Å². The topological polar surface area (TPSA) is 56.5 Å². The van der Waals surface area contributed by atoms with Crippen molar-refractivity contribution < 1.29 is 14.6 Å². The van der Waals surface area contributed by atoms with Crippen LogP contribution in [0.5, 0.6) is 0 Å².